The van der Waals surface area contributed by atoms with E-state index in [-0.39, 0.29) is 12.5 Å². The summed E-state index contributed by atoms with van der Waals surface area (Å²) >= 11 is 3.38. The second-order valence-corrected chi connectivity index (χ2v) is 5.51. The van der Waals surface area contributed by atoms with Crippen molar-refractivity contribution in [3.8, 4) is 17.6 Å². The number of rotatable bonds is 4. The van der Waals surface area contributed by atoms with E-state index in [4.69, 9.17) is 4.74 Å². The largest absolute Gasteiger partial charge is 0.481 e. The van der Waals surface area contributed by atoms with Crippen LogP contribution < -0.4 is 10.1 Å². The van der Waals surface area contributed by atoms with Crippen LogP contribution in [0.5, 0.6) is 5.75 Å². The molecule has 0 unspecified atom stereocenters. The Balaban J connectivity index is 1.75. The van der Waals surface area contributed by atoms with E-state index in [0.29, 0.717) is 12.1 Å². The lowest BCUT2D eigenvalue weighted by Gasteiger charge is -2.04. The Kier molecular flexibility index (Phi) is 6.05. The van der Waals surface area contributed by atoms with Crippen molar-refractivity contribution in [1.29, 1.82) is 0 Å². The molecule has 2 aromatic rings. The maximum absolute atomic E-state index is 11.9. The molecule has 0 saturated carbocycles. The van der Waals surface area contributed by atoms with Crippen molar-refractivity contribution in [2.45, 2.75) is 6.92 Å². The Bertz CT molecular complexity index is 716. The maximum Gasteiger partial charge on any atom is 0.252 e. The highest BCUT2D eigenvalue weighted by molar-refractivity contribution is 9.10. The van der Waals surface area contributed by atoms with Gasteiger partial charge in [0, 0.05) is 10.0 Å². The maximum atomic E-state index is 11.9. The Morgan fingerprint density at radius 2 is 2.00 bits per heavy atom. The molecule has 0 fully saturated rings. The number of carbonyl (C=O) groups is 1. The van der Waals surface area contributed by atoms with Gasteiger partial charge in [-0.25, -0.2) is 0 Å². The van der Waals surface area contributed by atoms with Gasteiger partial charge in [0.2, 0.25) is 0 Å². The summed E-state index contributed by atoms with van der Waals surface area (Å²) in [7, 11) is 0. The third-order valence-corrected chi connectivity index (χ3v) is 3.45. The van der Waals surface area contributed by atoms with Gasteiger partial charge < -0.3 is 10.1 Å². The normalized spacial score (nSPS) is 9.55. The Morgan fingerprint density at radius 3 is 2.77 bits per heavy atom. The number of benzene rings is 2. The summed E-state index contributed by atoms with van der Waals surface area (Å²) in [6.07, 6.45) is 0. The SMILES string of the molecule is Cc1ccccc1C(=O)NCC#CCOc1cccc(Br)c1. The minimum absolute atomic E-state index is 0.111. The fourth-order valence-electron chi connectivity index (χ4n) is 1.84. The molecule has 0 aliphatic rings. The van der Waals surface area contributed by atoms with Gasteiger partial charge in [0.25, 0.3) is 5.91 Å². The number of ether oxygens (including phenoxy) is 1. The molecule has 0 saturated heterocycles. The number of aryl methyl sites for hydroxylation is 1. The first kappa shape index (κ1) is 16.1. The summed E-state index contributed by atoms with van der Waals surface area (Å²) in [6.45, 7) is 2.50. The number of amides is 1. The zero-order valence-corrected chi connectivity index (χ0v) is 13.8. The predicted molar refractivity (Wildman–Crippen MR) is 90.9 cm³/mol. The molecule has 0 aliphatic heterocycles. The molecule has 1 N–H and O–H groups in total. The first-order valence-electron chi connectivity index (χ1n) is 6.85. The van der Waals surface area contributed by atoms with E-state index in [2.05, 4.69) is 33.1 Å². The van der Waals surface area contributed by atoms with Crippen molar-refractivity contribution in [3.05, 3.63) is 64.1 Å². The van der Waals surface area contributed by atoms with Crippen LogP contribution in [0.15, 0.2) is 53.0 Å². The molecule has 0 radical (unpaired) electrons. The topological polar surface area (TPSA) is 38.3 Å². The monoisotopic (exact) mass is 357 g/mol. The lowest BCUT2D eigenvalue weighted by atomic mass is 10.1. The van der Waals surface area contributed by atoms with Crippen molar-refractivity contribution in [2.75, 3.05) is 13.2 Å². The third kappa shape index (κ3) is 4.94. The van der Waals surface area contributed by atoms with Crippen LogP contribution in [0.25, 0.3) is 0 Å². The molecule has 2 aromatic carbocycles. The summed E-state index contributed by atoms with van der Waals surface area (Å²) in [6, 6.07) is 15.0. The second kappa shape index (κ2) is 8.26. The van der Waals surface area contributed by atoms with Gasteiger partial charge in [-0.1, -0.05) is 52.0 Å². The quantitative estimate of drug-likeness (QED) is 0.849. The van der Waals surface area contributed by atoms with Crippen LogP contribution in [0, 0.1) is 18.8 Å². The Morgan fingerprint density at radius 1 is 1.18 bits per heavy atom. The van der Waals surface area contributed by atoms with Gasteiger partial charge in [-0.15, -0.1) is 0 Å². The average Bonchev–Trinajstić information content (AvgIpc) is 2.51. The lowest BCUT2D eigenvalue weighted by molar-refractivity contribution is 0.0958. The van der Waals surface area contributed by atoms with Gasteiger partial charge in [0.05, 0.1) is 6.54 Å². The van der Waals surface area contributed by atoms with E-state index in [1.165, 1.54) is 0 Å². The van der Waals surface area contributed by atoms with Crippen molar-refractivity contribution in [1.82, 2.24) is 5.32 Å². The van der Waals surface area contributed by atoms with Gasteiger partial charge in [-0.3, -0.25) is 4.79 Å². The van der Waals surface area contributed by atoms with Gasteiger partial charge in [0.1, 0.15) is 12.4 Å². The van der Waals surface area contributed by atoms with Crippen LogP contribution in [0.4, 0.5) is 0 Å². The second-order valence-electron chi connectivity index (χ2n) is 4.60. The highest BCUT2D eigenvalue weighted by Gasteiger charge is 2.05. The molecule has 0 bridgehead atoms. The molecule has 3 nitrogen and oxygen atoms in total. The summed E-state index contributed by atoms with van der Waals surface area (Å²) in [5, 5.41) is 2.77. The number of halogens is 1. The molecule has 0 aromatic heterocycles. The van der Waals surface area contributed by atoms with Crippen LogP contribution in [0.1, 0.15) is 15.9 Å². The molecule has 4 heteroatoms. The number of hydrogen-bond donors (Lipinski definition) is 1. The summed E-state index contributed by atoms with van der Waals surface area (Å²) in [5.41, 5.74) is 1.63. The van der Waals surface area contributed by atoms with Crippen molar-refractivity contribution >= 4 is 21.8 Å². The Labute approximate surface area is 138 Å². The molecule has 1 amide bonds. The van der Waals surface area contributed by atoms with E-state index in [1.807, 2.05) is 49.4 Å². The van der Waals surface area contributed by atoms with E-state index < -0.39 is 0 Å². The highest BCUT2D eigenvalue weighted by atomic mass is 79.9. The predicted octanol–water partition coefficient (Wildman–Crippen LogP) is 3.57. The molecule has 2 rings (SSSR count). The average molecular weight is 358 g/mol. The minimum atomic E-state index is -0.111. The molecule has 0 aliphatic carbocycles. The van der Waals surface area contributed by atoms with Crippen molar-refractivity contribution in [2.24, 2.45) is 0 Å². The third-order valence-electron chi connectivity index (χ3n) is 2.96. The molecule has 0 atom stereocenters. The minimum Gasteiger partial charge on any atom is -0.481 e. The van der Waals surface area contributed by atoms with Gasteiger partial charge >= 0.3 is 0 Å². The smallest absolute Gasteiger partial charge is 0.252 e. The first-order valence-corrected chi connectivity index (χ1v) is 7.64. The molecular weight excluding hydrogens is 342 g/mol. The highest BCUT2D eigenvalue weighted by Crippen LogP contribution is 2.17. The fourth-order valence-corrected chi connectivity index (χ4v) is 2.22. The number of hydrogen-bond acceptors (Lipinski definition) is 2. The van der Waals surface area contributed by atoms with Crippen LogP contribution >= 0.6 is 15.9 Å². The molecule has 112 valence electrons. The van der Waals surface area contributed by atoms with Crippen molar-refractivity contribution < 1.29 is 9.53 Å². The summed E-state index contributed by atoms with van der Waals surface area (Å²) in [5.74, 6) is 6.39. The number of carbonyl (C=O) groups excluding carboxylic acids is 1. The molecule has 22 heavy (non-hydrogen) atoms. The van der Waals surface area contributed by atoms with E-state index >= 15 is 0 Å². The van der Waals surface area contributed by atoms with E-state index in [9.17, 15) is 4.79 Å². The fraction of sp³-hybridized carbons (Fsp3) is 0.167. The summed E-state index contributed by atoms with van der Waals surface area (Å²) < 4.78 is 6.44. The van der Waals surface area contributed by atoms with Gasteiger partial charge in [-0.05, 0) is 36.8 Å². The zero-order chi connectivity index (χ0) is 15.8. The summed E-state index contributed by atoms with van der Waals surface area (Å²) in [4.78, 5) is 11.9. The van der Waals surface area contributed by atoms with Crippen LogP contribution in [0.3, 0.4) is 0 Å². The lowest BCUT2D eigenvalue weighted by Crippen LogP contribution is -2.24. The van der Waals surface area contributed by atoms with Crippen LogP contribution in [-0.2, 0) is 0 Å². The standard InChI is InChI=1S/C18H16BrNO2/c1-14-7-2-3-10-17(14)18(21)20-11-4-5-12-22-16-9-6-8-15(19)13-16/h2-3,6-10,13H,11-12H2,1H3,(H,20,21). The number of nitrogens with one attached hydrogen (secondary N) is 1. The molecule has 0 spiro atoms. The zero-order valence-electron chi connectivity index (χ0n) is 12.2. The van der Waals surface area contributed by atoms with Crippen LogP contribution in [-0.4, -0.2) is 19.1 Å². The van der Waals surface area contributed by atoms with E-state index in [1.54, 1.807) is 6.07 Å². The Hall–Kier alpha value is -2.25. The molecule has 0 heterocycles. The van der Waals surface area contributed by atoms with Gasteiger partial charge in [-0.2, -0.15) is 0 Å². The van der Waals surface area contributed by atoms with E-state index in [0.717, 1.165) is 15.8 Å². The van der Waals surface area contributed by atoms with Crippen LogP contribution in [0.2, 0.25) is 0 Å². The van der Waals surface area contributed by atoms with Gasteiger partial charge in [0.15, 0.2) is 0 Å². The first-order chi connectivity index (χ1) is 10.7. The van der Waals surface area contributed by atoms with Crippen molar-refractivity contribution in [3.63, 3.8) is 0 Å². The molecular formula is C18H16BrNO2.